The van der Waals surface area contributed by atoms with Gasteiger partial charge in [-0.1, -0.05) is 54.6 Å². The Kier molecular flexibility index (Phi) is 5.28. The van der Waals surface area contributed by atoms with Crippen LogP contribution in [0.15, 0.2) is 66.7 Å². The average Bonchev–Trinajstić information content (AvgIpc) is 2.51. The minimum atomic E-state index is 1.11. The number of benzene rings is 2. The van der Waals surface area contributed by atoms with Crippen LogP contribution in [0.4, 0.5) is 5.69 Å². The van der Waals surface area contributed by atoms with Gasteiger partial charge in [-0.05, 0) is 12.1 Å². The molecule has 0 bridgehead atoms. The standard InChI is InChI=1S/C10H14N2.C6H6/c1-2-4-10(5-3-1)12-8-6-11-7-9-12;1-2-4-6-5-3-1/h1-5,11H,6-9H2;1-6H. The highest BCUT2D eigenvalue weighted by Crippen LogP contribution is 2.12. The van der Waals surface area contributed by atoms with Crippen molar-refractivity contribution in [3.8, 4) is 0 Å². The number of anilines is 1. The van der Waals surface area contributed by atoms with Crippen LogP contribution in [0.25, 0.3) is 0 Å². The zero-order valence-corrected chi connectivity index (χ0v) is 10.6. The van der Waals surface area contributed by atoms with Crippen LogP contribution in [0.5, 0.6) is 0 Å². The Hall–Kier alpha value is -1.80. The zero-order valence-electron chi connectivity index (χ0n) is 10.6. The van der Waals surface area contributed by atoms with E-state index in [0.717, 1.165) is 26.2 Å². The molecule has 0 atom stereocenters. The van der Waals surface area contributed by atoms with Crippen molar-refractivity contribution in [2.24, 2.45) is 0 Å². The molecule has 0 unspecified atom stereocenters. The third-order valence-corrected chi connectivity index (χ3v) is 2.91. The van der Waals surface area contributed by atoms with E-state index in [9.17, 15) is 0 Å². The van der Waals surface area contributed by atoms with Gasteiger partial charge in [0.15, 0.2) is 0 Å². The number of piperazine rings is 1. The molecule has 2 nitrogen and oxygen atoms in total. The molecule has 1 aliphatic rings. The highest BCUT2D eigenvalue weighted by Gasteiger charge is 2.08. The van der Waals surface area contributed by atoms with Gasteiger partial charge in [-0.3, -0.25) is 0 Å². The van der Waals surface area contributed by atoms with Crippen LogP contribution < -0.4 is 10.2 Å². The molecule has 18 heavy (non-hydrogen) atoms. The summed E-state index contributed by atoms with van der Waals surface area (Å²) in [5.41, 5.74) is 1.35. The Balaban J connectivity index is 0.000000169. The highest BCUT2D eigenvalue weighted by molar-refractivity contribution is 5.46. The SMILES string of the molecule is c1ccc(N2CCNCC2)cc1.c1ccccc1. The van der Waals surface area contributed by atoms with Gasteiger partial charge in [0.05, 0.1) is 0 Å². The molecule has 2 aromatic rings. The molecule has 94 valence electrons. The molecule has 0 spiro atoms. The summed E-state index contributed by atoms with van der Waals surface area (Å²) in [6, 6.07) is 22.6. The van der Waals surface area contributed by atoms with Gasteiger partial charge in [-0.15, -0.1) is 0 Å². The first kappa shape index (κ1) is 12.7. The van der Waals surface area contributed by atoms with E-state index in [4.69, 9.17) is 0 Å². The van der Waals surface area contributed by atoms with Crippen LogP contribution in [0.3, 0.4) is 0 Å². The molecule has 2 heteroatoms. The Bertz CT molecular complexity index is 381. The van der Waals surface area contributed by atoms with E-state index in [1.54, 1.807) is 0 Å². The fraction of sp³-hybridized carbons (Fsp3) is 0.250. The van der Waals surface area contributed by atoms with E-state index in [1.807, 2.05) is 36.4 Å². The summed E-state index contributed by atoms with van der Waals surface area (Å²) in [6.45, 7) is 4.47. The van der Waals surface area contributed by atoms with E-state index in [-0.39, 0.29) is 0 Å². The van der Waals surface area contributed by atoms with Crippen molar-refractivity contribution in [2.75, 3.05) is 31.1 Å². The smallest absolute Gasteiger partial charge is 0.0367 e. The predicted octanol–water partition coefficient (Wildman–Crippen LogP) is 2.78. The normalized spacial score (nSPS) is 14.6. The van der Waals surface area contributed by atoms with Gasteiger partial charge in [0, 0.05) is 31.9 Å². The minimum Gasteiger partial charge on any atom is -0.369 e. The number of hydrogen-bond acceptors (Lipinski definition) is 2. The van der Waals surface area contributed by atoms with Crippen molar-refractivity contribution >= 4 is 5.69 Å². The van der Waals surface area contributed by atoms with Gasteiger partial charge < -0.3 is 10.2 Å². The van der Waals surface area contributed by atoms with Crippen molar-refractivity contribution in [3.05, 3.63) is 66.7 Å². The van der Waals surface area contributed by atoms with E-state index < -0.39 is 0 Å². The summed E-state index contributed by atoms with van der Waals surface area (Å²) >= 11 is 0. The first-order valence-corrected chi connectivity index (χ1v) is 6.47. The van der Waals surface area contributed by atoms with Gasteiger partial charge in [-0.2, -0.15) is 0 Å². The van der Waals surface area contributed by atoms with Gasteiger partial charge in [0.1, 0.15) is 0 Å². The summed E-state index contributed by atoms with van der Waals surface area (Å²) in [7, 11) is 0. The van der Waals surface area contributed by atoms with Gasteiger partial charge in [-0.25, -0.2) is 0 Å². The predicted molar refractivity (Wildman–Crippen MR) is 78.0 cm³/mol. The molecule has 1 aliphatic heterocycles. The van der Waals surface area contributed by atoms with E-state index in [0.29, 0.717) is 0 Å². The molecule has 1 heterocycles. The van der Waals surface area contributed by atoms with Crippen LogP contribution in [-0.2, 0) is 0 Å². The average molecular weight is 240 g/mol. The lowest BCUT2D eigenvalue weighted by molar-refractivity contribution is 0.589. The monoisotopic (exact) mass is 240 g/mol. The molecule has 3 rings (SSSR count). The molecule has 2 aromatic carbocycles. The molecule has 0 aliphatic carbocycles. The molecule has 1 saturated heterocycles. The van der Waals surface area contributed by atoms with Gasteiger partial charge in [0.25, 0.3) is 0 Å². The first-order valence-electron chi connectivity index (χ1n) is 6.47. The number of nitrogens with one attached hydrogen (secondary N) is 1. The second kappa shape index (κ2) is 7.51. The van der Waals surface area contributed by atoms with Crippen molar-refractivity contribution < 1.29 is 0 Å². The summed E-state index contributed by atoms with van der Waals surface area (Å²) in [4.78, 5) is 2.41. The lowest BCUT2D eigenvalue weighted by Gasteiger charge is -2.29. The maximum Gasteiger partial charge on any atom is 0.0367 e. The molecule has 0 amide bonds. The highest BCUT2D eigenvalue weighted by atomic mass is 15.2. The summed E-state index contributed by atoms with van der Waals surface area (Å²) in [6.07, 6.45) is 0. The Morgan fingerprint density at radius 3 is 1.61 bits per heavy atom. The number of rotatable bonds is 1. The summed E-state index contributed by atoms with van der Waals surface area (Å²) in [5, 5.41) is 3.34. The maximum absolute atomic E-state index is 3.34. The van der Waals surface area contributed by atoms with Crippen LogP contribution in [-0.4, -0.2) is 26.2 Å². The molecule has 0 aromatic heterocycles. The van der Waals surface area contributed by atoms with Crippen LogP contribution >= 0.6 is 0 Å². The molecule has 1 fully saturated rings. The molecule has 1 N–H and O–H groups in total. The van der Waals surface area contributed by atoms with Crippen molar-refractivity contribution in [3.63, 3.8) is 0 Å². The molecule has 0 saturated carbocycles. The summed E-state index contributed by atoms with van der Waals surface area (Å²) < 4.78 is 0. The van der Waals surface area contributed by atoms with Crippen LogP contribution in [0.2, 0.25) is 0 Å². The van der Waals surface area contributed by atoms with Crippen LogP contribution in [0, 0.1) is 0 Å². The quantitative estimate of drug-likeness (QED) is 0.824. The molecular weight excluding hydrogens is 220 g/mol. The molecule has 0 radical (unpaired) electrons. The van der Waals surface area contributed by atoms with Gasteiger partial charge in [0.2, 0.25) is 0 Å². The minimum absolute atomic E-state index is 1.11. The van der Waals surface area contributed by atoms with Crippen LogP contribution in [0.1, 0.15) is 0 Å². The Morgan fingerprint density at radius 1 is 0.667 bits per heavy atom. The molecular formula is C16H20N2. The second-order valence-electron chi connectivity index (χ2n) is 4.23. The van der Waals surface area contributed by atoms with E-state index >= 15 is 0 Å². The lowest BCUT2D eigenvalue weighted by atomic mass is 10.2. The third kappa shape index (κ3) is 4.22. The van der Waals surface area contributed by atoms with E-state index in [2.05, 4.69) is 40.5 Å². The second-order valence-corrected chi connectivity index (χ2v) is 4.23. The zero-order chi connectivity index (χ0) is 12.5. The first-order chi connectivity index (χ1) is 8.97. The fourth-order valence-electron chi connectivity index (χ4n) is 1.95. The summed E-state index contributed by atoms with van der Waals surface area (Å²) in [5.74, 6) is 0. The number of hydrogen-bond donors (Lipinski definition) is 1. The van der Waals surface area contributed by atoms with E-state index in [1.165, 1.54) is 5.69 Å². The third-order valence-electron chi connectivity index (χ3n) is 2.91. The van der Waals surface area contributed by atoms with Crippen molar-refractivity contribution in [1.82, 2.24) is 5.32 Å². The lowest BCUT2D eigenvalue weighted by Crippen LogP contribution is -2.43. The number of nitrogens with zero attached hydrogens (tertiary/aromatic N) is 1. The Morgan fingerprint density at radius 2 is 1.11 bits per heavy atom. The Labute approximate surface area is 109 Å². The van der Waals surface area contributed by atoms with Gasteiger partial charge >= 0.3 is 0 Å². The number of para-hydroxylation sites is 1. The van der Waals surface area contributed by atoms with Crippen molar-refractivity contribution in [1.29, 1.82) is 0 Å². The van der Waals surface area contributed by atoms with Crippen molar-refractivity contribution in [2.45, 2.75) is 0 Å². The largest absolute Gasteiger partial charge is 0.369 e. The maximum atomic E-state index is 3.34. The topological polar surface area (TPSA) is 15.3 Å². The fourth-order valence-corrected chi connectivity index (χ4v) is 1.95.